The molecule has 7 aromatic carbocycles. The highest BCUT2D eigenvalue weighted by molar-refractivity contribution is 6.33. The Balaban J connectivity index is 1.04. The van der Waals surface area contributed by atoms with Crippen molar-refractivity contribution in [1.82, 2.24) is 42.5 Å². The number of carbonyl (C=O) groups excluding carboxylic acids is 7. The fraction of sp³-hybridized carbons (Fsp3) is 0.390. The molecule has 0 radical (unpaired) electrons. The van der Waals surface area contributed by atoms with Gasteiger partial charge in [-0.2, -0.15) is 0 Å². The predicted octanol–water partition coefficient (Wildman–Crippen LogP) is 3.70. The Morgan fingerprint density at radius 2 is 1.15 bits per heavy atom. The van der Waals surface area contributed by atoms with Gasteiger partial charge in [-0.3, -0.25) is 33.6 Å². The van der Waals surface area contributed by atoms with Gasteiger partial charge < -0.3 is 142 Å². The van der Waals surface area contributed by atoms with Crippen LogP contribution in [0.5, 0.6) is 69.0 Å². The molecule has 120 heavy (non-hydrogen) atoms. The summed E-state index contributed by atoms with van der Waals surface area (Å²) in [6.45, 7) is 2.30. The van der Waals surface area contributed by atoms with E-state index in [2.05, 4.69) is 56.4 Å². The number of likely N-dealkylation sites (N-methyl/N-ethyl adjacent to an activating group) is 1. The van der Waals surface area contributed by atoms with E-state index in [4.69, 9.17) is 56.4 Å². The number of phenolic OH excluding ortho intramolecular Hbond substituents is 4. The standard InChI is InChI=1S/C82H88Cl2N8O28/c1-33(2)9-7-5-4-6-8-10-57(99)87-66-70(103)68(101)55(31-93)118-81(66)120-73-53-25-38-26-54(73)116-50-20-15-37(23-45(50)83)67(100)65-79(111)91-64(80(112)113)43-27-39(95)28-52(117-82-72(105)71(104)69(102)56(32-94)119-82)58(43)42-22-35(13-18-47(42)96)61(76(108)92-65)88-77(109)62(38)89-78(110)63-44-29-41(30-49(98)59(44)84)115-51-24-36(14-19-48(51)97)60(85-3)75(107)86-46(74(106)90-63)21-34-11-16-40(114-53)17-12-34/h11-20,22-30,33,46,55-56,60-72,81-82,85,93-98,100-105H,4-10,21,31-32H2,1-3H3,(H,86,107)(H,87,99)(H,88,109)(H,89,110)(H,90,106)(H,91,111)(H,92,108)(H,112,113)/t46-,55-,56-,60-,61-,62-,63+,64-,65+,66-,67-,68-,69-,70-,71+,72+,81+,82+/m1/s1. The number of rotatable bonds is 17. The average Bonchev–Trinajstić information content (AvgIpc) is 0.756. The Labute approximate surface area is 693 Å². The number of aliphatic hydroxyl groups is 8. The largest absolute Gasteiger partial charge is 0.508 e. The van der Waals surface area contributed by atoms with Crippen LogP contribution >= 0.6 is 23.2 Å². The summed E-state index contributed by atoms with van der Waals surface area (Å²) < 4.78 is 44.4. The van der Waals surface area contributed by atoms with Crippen LogP contribution in [0.2, 0.25) is 10.0 Å². The van der Waals surface area contributed by atoms with E-state index < -0.39 is 265 Å². The van der Waals surface area contributed by atoms with Gasteiger partial charge in [-0.1, -0.05) is 99.5 Å². The van der Waals surface area contributed by atoms with Crippen molar-refractivity contribution in [3.05, 3.63) is 164 Å². The zero-order valence-electron chi connectivity index (χ0n) is 64.2. The van der Waals surface area contributed by atoms with Crippen molar-refractivity contribution in [3.8, 4) is 80.1 Å². The summed E-state index contributed by atoms with van der Waals surface area (Å²) in [7, 11) is 1.43. The molecule has 8 aliphatic heterocycles. The number of halogens is 2. The van der Waals surface area contributed by atoms with Gasteiger partial charge in [-0.25, -0.2) is 4.79 Å². The highest BCUT2D eigenvalue weighted by Crippen LogP contribution is 2.50. The quantitative estimate of drug-likeness (QED) is 0.0578. The van der Waals surface area contributed by atoms with E-state index >= 15 is 24.0 Å². The van der Waals surface area contributed by atoms with Crippen LogP contribution in [0.15, 0.2) is 115 Å². The van der Waals surface area contributed by atoms with Crippen molar-refractivity contribution in [2.75, 3.05) is 20.3 Å². The molecule has 0 aliphatic carbocycles. The van der Waals surface area contributed by atoms with E-state index in [1.807, 2.05) is 0 Å². The number of phenols is 4. The van der Waals surface area contributed by atoms with Crippen molar-refractivity contribution in [2.24, 2.45) is 5.92 Å². The number of benzene rings is 7. The smallest absolute Gasteiger partial charge is 0.330 e. The SMILES string of the molecule is CN[C@H]1C(=O)N[C@@H]2Cc3ccc(cc3)Oc3cc4cc(c3O[C@@H]3O[C@H](CO)[C@@H](O)[C@H](O)[C@H]3NC(=O)CCCCCCCC(C)C)Oc3ccc(cc3Cl)[C@@H](O)[C@@H]3NC(=O)[C@H](NC(=O)[C@@H]4NC(=O)[C@@H](NC2=O)c2cc(cc(O)c2Cl)Oc2cc1ccc2O)c1ccc(O)c(c1)-c1c(O[C@H]2O[C@H](CO)[C@@H](O)[C@H](O)[C@@H]2O)cc(O)cc1[C@H](C(=O)O)NC3=O. The number of carboxylic acid groups (broad SMARTS) is 1. The van der Waals surface area contributed by atoms with E-state index in [1.54, 1.807) is 0 Å². The fourth-order valence-corrected chi connectivity index (χ4v) is 15.5. The minimum Gasteiger partial charge on any atom is -0.508 e. The fourth-order valence-electron chi connectivity index (χ4n) is 15.0. The van der Waals surface area contributed by atoms with E-state index in [1.165, 1.54) is 49.5 Å². The van der Waals surface area contributed by atoms with Crippen molar-refractivity contribution in [2.45, 2.75) is 175 Å². The van der Waals surface area contributed by atoms with Gasteiger partial charge in [0.25, 0.3) is 0 Å². The molecule has 17 bridgehead atoms. The van der Waals surface area contributed by atoms with Crippen LogP contribution in [0, 0.1) is 5.92 Å². The minimum absolute atomic E-state index is 0.0840. The number of fused-ring (bicyclic) bond motifs is 14. The monoisotopic (exact) mass is 1700 g/mol. The predicted molar refractivity (Wildman–Crippen MR) is 418 cm³/mol. The number of aliphatic hydroxyl groups excluding tert-OH is 8. The van der Waals surface area contributed by atoms with Crippen LogP contribution in [0.3, 0.4) is 0 Å². The number of hydrogen-bond donors (Lipinski definition) is 21. The van der Waals surface area contributed by atoms with Crippen LogP contribution in [-0.4, -0.2) is 207 Å². The summed E-state index contributed by atoms with van der Waals surface area (Å²) in [6.07, 6.45) is -15.5. The number of aromatic hydroxyl groups is 4. The zero-order chi connectivity index (χ0) is 86.0. The lowest BCUT2D eigenvalue weighted by Crippen LogP contribution is -2.65. The summed E-state index contributed by atoms with van der Waals surface area (Å²) in [5.41, 5.74) is -3.05. The molecule has 7 amide bonds. The van der Waals surface area contributed by atoms with E-state index in [9.17, 15) is 80.8 Å². The highest BCUT2D eigenvalue weighted by Gasteiger charge is 2.50. The zero-order valence-corrected chi connectivity index (χ0v) is 65.7. The number of carbonyl (C=O) groups is 8. The molecule has 7 aromatic rings. The molecule has 0 unspecified atom stereocenters. The van der Waals surface area contributed by atoms with Crippen LogP contribution in [0.4, 0.5) is 0 Å². The average molecular weight is 1700 g/mol. The van der Waals surface area contributed by atoms with Crippen LogP contribution in [0.1, 0.15) is 134 Å². The molecule has 0 saturated carbocycles. The van der Waals surface area contributed by atoms with Gasteiger partial charge in [0.1, 0.15) is 131 Å². The Hall–Kier alpha value is -11.4. The van der Waals surface area contributed by atoms with Crippen molar-refractivity contribution >= 4 is 70.5 Å². The molecule has 15 rings (SSSR count). The van der Waals surface area contributed by atoms with Gasteiger partial charge in [0, 0.05) is 47.2 Å². The topological polar surface area (TPSA) is 560 Å². The Bertz CT molecular complexity index is 5080. The second kappa shape index (κ2) is 36.7. The number of carboxylic acids is 1. The third kappa shape index (κ3) is 18.5. The molecule has 638 valence electrons. The number of ether oxygens (including phenoxy) is 7. The first-order valence-corrected chi connectivity index (χ1v) is 39.2. The number of nitrogens with one attached hydrogen (secondary N) is 8. The van der Waals surface area contributed by atoms with Gasteiger partial charge in [-0.05, 0) is 120 Å². The summed E-state index contributed by atoms with van der Waals surface area (Å²) in [5.74, 6) is -16.5. The molecule has 8 heterocycles. The first-order chi connectivity index (χ1) is 57.3. The maximum Gasteiger partial charge on any atom is 0.330 e. The Morgan fingerprint density at radius 1 is 0.533 bits per heavy atom. The lowest BCUT2D eigenvalue weighted by Gasteiger charge is -2.42. The molecule has 18 atom stereocenters. The first kappa shape index (κ1) is 86.5. The lowest BCUT2D eigenvalue weighted by molar-refractivity contribution is -0.277. The van der Waals surface area contributed by atoms with Gasteiger partial charge in [0.2, 0.25) is 59.7 Å². The number of amides is 7. The van der Waals surface area contributed by atoms with E-state index in [-0.39, 0.29) is 41.2 Å². The number of unbranched alkanes of at least 4 members (excludes halogenated alkanes) is 4. The minimum atomic E-state index is -2.42. The molecule has 21 N–H and O–H groups in total. The van der Waals surface area contributed by atoms with Crippen molar-refractivity contribution < 1.29 is 138 Å². The van der Waals surface area contributed by atoms with Crippen LogP contribution in [-0.2, 0) is 54.3 Å². The molecule has 0 aromatic heterocycles. The number of hydrogen-bond acceptors (Lipinski definition) is 28. The van der Waals surface area contributed by atoms with Gasteiger partial charge in [0.05, 0.1) is 23.3 Å². The summed E-state index contributed by atoms with van der Waals surface area (Å²) in [4.78, 5) is 122. The first-order valence-electron chi connectivity index (χ1n) is 38.4. The maximum atomic E-state index is 16.7. The van der Waals surface area contributed by atoms with Gasteiger partial charge >= 0.3 is 5.97 Å². The molecule has 0 spiro atoms. The molecule has 2 saturated heterocycles. The highest BCUT2D eigenvalue weighted by atomic mass is 35.5. The molecular weight excluding hydrogens is 1620 g/mol. The second-order valence-electron chi connectivity index (χ2n) is 30.2. The molecular formula is C82H88Cl2N8O28. The summed E-state index contributed by atoms with van der Waals surface area (Å²) in [6, 6.07) is 5.31. The third-order valence-electron chi connectivity index (χ3n) is 21.4. The van der Waals surface area contributed by atoms with Crippen LogP contribution < -0.4 is 66.2 Å². The van der Waals surface area contributed by atoms with Crippen molar-refractivity contribution in [1.29, 1.82) is 0 Å². The van der Waals surface area contributed by atoms with Crippen LogP contribution in [0.25, 0.3) is 11.1 Å². The second-order valence-corrected chi connectivity index (χ2v) is 31.0. The molecule has 38 heteroatoms. The Kier molecular flexibility index (Phi) is 26.4. The van der Waals surface area contributed by atoms with E-state index in [0.717, 1.165) is 98.5 Å². The molecule has 36 nitrogen and oxygen atoms in total. The Morgan fingerprint density at radius 3 is 1.84 bits per heavy atom. The van der Waals surface area contributed by atoms with E-state index in [0.29, 0.717) is 24.3 Å². The lowest BCUT2D eigenvalue weighted by atomic mass is 9.89. The third-order valence-corrected chi connectivity index (χ3v) is 22.1. The van der Waals surface area contributed by atoms with Gasteiger partial charge in [0.15, 0.2) is 29.0 Å². The maximum absolute atomic E-state index is 16.7. The molecule has 8 aliphatic rings. The molecule has 2 fully saturated rings. The summed E-state index contributed by atoms with van der Waals surface area (Å²) >= 11 is 14.2. The van der Waals surface area contributed by atoms with Crippen molar-refractivity contribution in [3.63, 3.8) is 0 Å². The summed E-state index contributed by atoms with van der Waals surface area (Å²) in [5, 5.41) is 168. The normalized spacial score (nSPS) is 26.8. The van der Waals surface area contributed by atoms with Gasteiger partial charge in [-0.15, -0.1) is 0 Å². The number of aliphatic carboxylic acids is 1.